The fourth-order valence-electron chi connectivity index (χ4n) is 1.71. The van der Waals surface area contributed by atoms with Gasteiger partial charge in [-0.2, -0.15) is 0 Å². The average molecular weight is 271 g/mol. The first kappa shape index (κ1) is 16.2. The maximum Gasteiger partial charge on any atom is 0.153 e. The number of nitrogens with zero attached hydrogens (tertiary/aromatic N) is 1. The number of hydrogen-bond donors (Lipinski definition) is 1. The Morgan fingerprint density at radius 3 is 2.56 bits per heavy atom. The summed E-state index contributed by atoms with van der Waals surface area (Å²) in [5.41, 5.74) is 0. The Kier molecular flexibility index (Phi) is 6.86. The molecule has 98 valence electrons. The van der Waals surface area contributed by atoms with Crippen LogP contribution in [-0.4, -0.2) is 56.5 Å². The second-order valence-corrected chi connectivity index (χ2v) is 7.25. The quantitative estimate of drug-likeness (QED) is 0.810. The molecule has 1 atom stereocenters. The van der Waals surface area contributed by atoms with Gasteiger partial charge in [-0.05, 0) is 20.8 Å². The molecule has 1 heterocycles. The molecule has 1 N–H and O–H groups in total. The molecular weight excluding hydrogens is 248 g/mol. The molecule has 0 aromatic rings. The van der Waals surface area contributed by atoms with Crippen LogP contribution in [-0.2, 0) is 9.84 Å². The van der Waals surface area contributed by atoms with Crippen LogP contribution in [0.3, 0.4) is 0 Å². The second kappa shape index (κ2) is 6.79. The Morgan fingerprint density at radius 1 is 1.44 bits per heavy atom. The molecule has 16 heavy (non-hydrogen) atoms. The standard InChI is InChI=1S/C10H22N2O2S.ClH/c1-9(2)15(13,14)7-6-12-5-4-11-10(3)8-12;/h9-11H,4-8H2,1-3H3;1H. The lowest BCUT2D eigenvalue weighted by atomic mass is 10.2. The van der Waals surface area contributed by atoms with E-state index in [1.54, 1.807) is 13.8 Å². The molecule has 4 nitrogen and oxygen atoms in total. The minimum absolute atomic E-state index is 0. The predicted molar refractivity (Wildman–Crippen MR) is 70.1 cm³/mol. The maximum atomic E-state index is 11.6. The summed E-state index contributed by atoms with van der Waals surface area (Å²) in [6.07, 6.45) is 0. The number of sulfone groups is 1. The lowest BCUT2D eigenvalue weighted by Gasteiger charge is -2.31. The van der Waals surface area contributed by atoms with Crippen molar-refractivity contribution in [2.75, 3.05) is 31.9 Å². The fraction of sp³-hybridized carbons (Fsp3) is 1.00. The number of nitrogens with one attached hydrogen (secondary N) is 1. The highest BCUT2D eigenvalue weighted by Gasteiger charge is 2.20. The highest BCUT2D eigenvalue weighted by atomic mass is 35.5. The van der Waals surface area contributed by atoms with Crippen molar-refractivity contribution < 1.29 is 8.42 Å². The smallest absolute Gasteiger partial charge is 0.153 e. The second-order valence-electron chi connectivity index (χ2n) is 4.57. The Labute approximate surface area is 105 Å². The molecule has 0 radical (unpaired) electrons. The van der Waals surface area contributed by atoms with E-state index in [9.17, 15) is 8.42 Å². The maximum absolute atomic E-state index is 11.6. The molecule has 1 rings (SSSR count). The Balaban J connectivity index is 0.00000225. The third-order valence-electron chi connectivity index (χ3n) is 2.86. The summed E-state index contributed by atoms with van der Waals surface area (Å²) >= 11 is 0. The van der Waals surface area contributed by atoms with Crippen molar-refractivity contribution in [3.8, 4) is 0 Å². The van der Waals surface area contributed by atoms with Gasteiger partial charge in [0.05, 0.1) is 11.0 Å². The minimum Gasteiger partial charge on any atom is -0.312 e. The van der Waals surface area contributed by atoms with Crippen LogP contribution in [0.2, 0.25) is 0 Å². The number of hydrogen-bond acceptors (Lipinski definition) is 4. The van der Waals surface area contributed by atoms with Crippen molar-refractivity contribution >= 4 is 22.2 Å². The van der Waals surface area contributed by atoms with Crippen LogP contribution in [0.15, 0.2) is 0 Å². The molecule has 0 aromatic carbocycles. The van der Waals surface area contributed by atoms with E-state index in [0.717, 1.165) is 19.6 Å². The van der Waals surface area contributed by atoms with Gasteiger partial charge in [0, 0.05) is 32.2 Å². The summed E-state index contributed by atoms with van der Waals surface area (Å²) in [4.78, 5) is 2.22. The third-order valence-corrected chi connectivity index (χ3v) is 5.05. The van der Waals surface area contributed by atoms with Gasteiger partial charge in [0.1, 0.15) is 0 Å². The molecular formula is C10H23ClN2O2S. The number of piperazine rings is 1. The first-order valence-corrected chi connectivity index (χ1v) is 7.30. The van der Waals surface area contributed by atoms with Gasteiger partial charge in [-0.25, -0.2) is 8.42 Å². The summed E-state index contributed by atoms with van der Waals surface area (Å²) in [5.74, 6) is 0.289. The van der Waals surface area contributed by atoms with Crippen LogP contribution in [0.25, 0.3) is 0 Å². The van der Waals surface area contributed by atoms with E-state index in [-0.39, 0.29) is 23.4 Å². The molecule has 1 aliphatic rings. The van der Waals surface area contributed by atoms with E-state index in [2.05, 4.69) is 17.1 Å². The van der Waals surface area contributed by atoms with Crippen molar-refractivity contribution in [1.82, 2.24) is 10.2 Å². The van der Waals surface area contributed by atoms with Crippen molar-refractivity contribution in [3.05, 3.63) is 0 Å². The topological polar surface area (TPSA) is 49.4 Å². The van der Waals surface area contributed by atoms with Crippen molar-refractivity contribution in [1.29, 1.82) is 0 Å². The lowest BCUT2D eigenvalue weighted by molar-refractivity contribution is 0.217. The van der Waals surface area contributed by atoms with Crippen LogP contribution >= 0.6 is 12.4 Å². The number of rotatable bonds is 4. The van der Waals surface area contributed by atoms with Gasteiger partial charge in [-0.1, -0.05) is 0 Å². The van der Waals surface area contributed by atoms with Gasteiger partial charge in [0.2, 0.25) is 0 Å². The van der Waals surface area contributed by atoms with E-state index in [1.165, 1.54) is 0 Å². The molecule has 1 saturated heterocycles. The van der Waals surface area contributed by atoms with E-state index < -0.39 is 9.84 Å². The highest BCUT2D eigenvalue weighted by molar-refractivity contribution is 7.92. The Hall–Kier alpha value is 0.160. The molecule has 0 bridgehead atoms. The SMILES string of the molecule is CC1CN(CCS(=O)(=O)C(C)C)CCN1.Cl. The molecule has 6 heteroatoms. The fourth-order valence-corrected chi connectivity index (χ4v) is 2.69. The van der Waals surface area contributed by atoms with Crippen molar-refractivity contribution in [2.45, 2.75) is 32.1 Å². The van der Waals surface area contributed by atoms with Crippen molar-refractivity contribution in [2.24, 2.45) is 0 Å². The predicted octanol–water partition coefficient (Wildman–Crippen LogP) is 0.525. The zero-order chi connectivity index (χ0) is 11.5. The zero-order valence-electron chi connectivity index (χ0n) is 10.3. The van der Waals surface area contributed by atoms with Crippen LogP contribution in [0, 0.1) is 0 Å². The summed E-state index contributed by atoms with van der Waals surface area (Å²) in [6, 6.07) is 0.473. The summed E-state index contributed by atoms with van der Waals surface area (Å²) in [6.45, 7) is 9.16. The highest BCUT2D eigenvalue weighted by Crippen LogP contribution is 2.04. The summed E-state index contributed by atoms with van der Waals surface area (Å²) in [5, 5.41) is 3.09. The molecule has 0 spiro atoms. The average Bonchev–Trinajstić information content (AvgIpc) is 2.15. The largest absolute Gasteiger partial charge is 0.312 e. The Morgan fingerprint density at radius 2 is 2.06 bits per heavy atom. The third kappa shape index (κ3) is 4.99. The van der Waals surface area contributed by atoms with Gasteiger partial charge >= 0.3 is 0 Å². The monoisotopic (exact) mass is 270 g/mol. The van der Waals surface area contributed by atoms with E-state index in [1.807, 2.05) is 0 Å². The van der Waals surface area contributed by atoms with Gasteiger partial charge in [0.25, 0.3) is 0 Å². The Bertz CT molecular complexity index is 293. The van der Waals surface area contributed by atoms with Gasteiger partial charge in [0.15, 0.2) is 9.84 Å². The van der Waals surface area contributed by atoms with E-state index >= 15 is 0 Å². The normalized spacial score (nSPS) is 23.1. The molecule has 0 saturated carbocycles. The molecule has 1 aliphatic heterocycles. The van der Waals surface area contributed by atoms with Crippen LogP contribution in [0.1, 0.15) is 20.8 Å². The summed E-state index contributed by atoms with van der Waals surface area (Å²) < 4.78 is 23.2. The molecule has 1 fully saturated rings. The van der Waals surface area contributed by atoms with Gasteiger partial charge in [-0.3, -0.25) is 4.90 Å². The summed E-state index contributed by atoms with van der Waals surface area (Å²) in [7, 11) is -2.88. The van der Waals surface area contributed by atoms with Gasteiger partial charge in [-0.15, -0.1) is 12.4 Å². The number of halogens is 1. The molecule has 0 amide bonds. The minimum atomic E-state index is -2.88. The van der Waals surface area contributed by atoms with Crippen molar-refractivity contribution in [3.63, 3.8) is 0 Å². The first-order chi connectivity index (χ1) is 6.92. The van der Waals surface area contributed by atoms with Gasteiger partial charge < -0.3 is 5.32 Å². The lowest BCUT2D eigenvalue weighted by Crippen LogP contribution is -2.50. The molecule has 0 aliphatic carbocycles. The van der Waals surface area contributed by atoms with Crippen LogP contribution in [0.5, 0.6) is 0 Å². The zero-order valence-corrected chi connectivity index (χ0v) is 11.9. The van der Waals surface area contributed by atoms with E-state index in [4.69, 9.17) is 0 Å². The molecule has 0 aromatic heterocycles. The first-order valence-electron chi connectivity index (χ1n) is 5.59. The van der Waals surface area contributed by atoms with E-state index in [0.29, 0.717) is 12.6 Å². The molecule has 1 unspecified atom stereocenters. The van der Waals surface area contributed by atoms with Crippen LogP contribution < -0.4 is 5.32 Å². The van der Waals surface area contributed by atoms with Crippen LogP contribution in [0.4, 0.5) is 0 Å².